The molecule has 3 aromatic carbocycles. The van der Waals surface area contributed by atoms with Crippen LogP contribution >= 0.6 is 23.2 Å². The van der Waals surface area contributed by atoms with Gasteiger partial charge in [-0.05, 0) is 73.0 Å². The van der Waals surface area contributed by atoms with Crippen molar-refractivity contribution in [3.8, 4) is 17.2 Å². The van der Waals surface area contributed by atoms with Crippen LogP contribution in [0.25, 0.3) is 0 Å². The van der Waals surface area contributed by atoms with Crippen LogP contribution in [0, 0.1) is 6.92 Å². The van der Waals surface area contributed by atoms with Crippen molar-refractivity contribution in [1.82, 2.24) is 5.43 Å². The molecule has 0 aliphatic heterocycles. The quantitative estimate of drug-likeness (QED) is 0.161. The number of carbonyl (C=O) groups is 3. The Morgan fingerprint density at radius 1 is 0.950 bits per heavy atom. The van der Waals surface area contributed by atoms with E-state index >= 15 is 0 Å². The fourth-order valence-electron chi connectivity index (χ4n) is 3.27. The topological polar surface area (TPSA) is 127 Å². The molecule has 3 N–H and O–H groups in total. The number of halogens is 2. The number of hydrogen-bond acceptors (Lipinski definition) is 7. The Kier molecular flexibility index (Phi) is 11.2. The van der Waals surface area contributed by atoms with Crippen molar-refractivity contribution in [2.75, 3.05) is 31.0 Å². The Morgan fingerprint density at radius 2 is 1.70 bits per heavy atom. The molecule has 0 saturated heterocycles. The number of anilines is 2. The summed E-state index contributed by atoms with van der Waals surface area (Å²) in [4.78, 5) is 36.7. The highest BCUT2D eigenvalue weighted by Crippen LogP contribution is 2.36. The third-order valence-electron chi connectivity index (χ3n) is 5.24. The Labute approximate surface area is 241 Å². The number of ether oxygens (including phenoxy) is 3. The highest BCUT2D eigenvalue weighted by atomic mass is 35.5. The van der Waals surface area contributed by atoms with Crippen molar-refractivity contribution in [2.24, 2.45) is 5.10 Å². The van der Waals surface area contributed by atoms with Crippen molar-refractivity contribution < 1.29 is 28.6 Å². The lowest BCUT2D eigenvalue weighted by Gasteiger charge is -2.14. The van der Waals surface area contributed by atoms with E-state index in [1.54, 1.807) is 42.5 Å². The Balaban J connectivity index is 1.55. The molecule has 0 radical (unpaired) electrons. The summed E-state index contributed by atoms with van der Waals surface area (Å²) in [6, 6.07) is 14.8. The van der Waals surface area contributed by atoms with Gasteiger partial charge in [-0.1, -0.05) is 36.2 Å². The summed E-state index contributed by atoms with van der Waals surface area (Å²) < 4.78 is 16.4. The fourth-order valence-corrected chi connectivity index (χ4v) is 3.71. The average Bonchev–Trinajstić information content (AvgIpc) is 2.93. The van der Waals surface area contributed by atoms with Crippen LogP contribution in [-0.2, 0) is 14.4 Å². The lowest BCUT2D eigenvalue weighted by atomic mass is 10.2. The van der Waals surface area contributed by atoms with E-state index in [2.05, 4.69) is 21.2 Å². The maximum Gasteiger partial charge on any atom is 0.329 e. The van der Waals surface area contributed by atoms with Gasteiger partial charge in [-0.3, -0.25) is 14.4 Å². The lowest BCUT2D eigenvalue weighted by molar-refractivity contribution is -0.136. The minimum absolute atomic E-state index is 0.142. The van der Waals surface area contributed by atoms with Crippen LogP contribution in [-0.4, -0.2) is 44.3 Å². The highest BCUT2D eigenvalue weighted by molar-refractivity contribution is 6.39. The molecule has 3 rings (SSSR count). The van der Waals surface area contributed by atoms with Crippen molar-refractivity contribution in [1.29, 1.82) is 0 Å². The second kappa shape index (κ2) is 14.8. The van der Waals surface area contributed by atoms with Crippen LogP contribution in [0.2, 0.25) is 10.0 Å². The summed E-state index contributed by atoms with van der Waals surface area (Å²) in [6.07, 6.45) is 2.15. The maximum atomic E-state index is 12.4. The molecule has 0 fully saturated rings. The highest BCUT2D eigenvalue weighted by Gasteiger charge is 2.15. The van der Waals surface area contributed by atoms with Crippen molar-refractivity contribution in [2.45, 2.75) is 20.3 Å². The first-order valence-electron chi connectivity index (χ1n) is 12.1. The molecule has 0 aliphatic rings. The first-order valence-corrected chi connectivity index (χ1v) is 12.9. The molecule has 0 aromatic heterocycles. The van der Waals surface area contributed by atoms with Gasteiger partial charge in [-0.2, -0.15) is 5.10 Å². The fraction of sp³-hybridized carbons (Fsp3) is 0.214. The summed E-state index contributed by atoms with van der Waals surface area (Å²) in [5, 5.41) is 9.64. The third kappa shape index (κ3) is 8.89. The molecule has 3 aromatic rings. The first kappa shape index (κ1) is 30.3. The smallest absolute Gasteiger partial charge is 0.329 e. The van der Waals surface area contributed by atoms with Gasteiger partial charge in [0.1, 0.15) is 5.75 Å². The Hall–Kier alpha value is -4.28. The average molecular weight is 587 g/mol. The molecule has 0 atom stereocenters. The molecule has 0 saturated carbocycles. The minimum Gasteiger partial charge on any atom is -0.494 e. The van der Waals surface area contributed by atoms with Crippen LogP contribution in [0.1, 0.15) is 24.5 Å². The predicted molar refractivity (Wildman–Crippen MR) is 155 cm³/mol. The van der Waals surface area contributed by atoms with Crippen LogP contribution in [0.5, 0.6) is 17.2 Å². The number of aryl methyl sites for hydroxylation is 1. The van der Waals surface area contributed by atoms with Gasteiger partial charge in [0.15, 0.2) is 18.1 Å². The summed E-state index contributed by atoms with van der Waals surface area (Å²) in [5.74, 6) is -1.25. The zero-order valence-electron chi connectivity index (χ0n) is 22.0. The molecule has 0 aliphatic carbocycles. The van der Waals surface area contributed by atoms with E-state index in [1.165, 1.54) is 25.5 Å². The number of nitrogens with zero attached hydrogens (tertiary/aromatic N) is 1. The first-order chi connectivity index (χ1) is 19.2. The number of hydrazone groups is 1. The summed E-state index contributed by atoms with van der Waals surface area (Å²) in [7, 11) is 1.41. The van der Waals surface area contributed by atoms with E-state index in [-0.39, 0.29) is 23.1 Å². The number of rotatable bonds is 11. The molecule has 40 heavy (non-hydrogen) atoms. The van der Waals surface area contributed by atoms with E-state index in [4.69, 9.17) is 37.4 Å². The number of nitrogens with one attached hydrogen (secondary N) is 3. The molecular formula is C28H28Cl2N4O6. The van der Waals surface area contributed by atoms with Crippen LogP contribution in [0.4, 0.5) is 11.4 Å². The molecule has 210 valence electrons. The zero-order valence-corrected chi connectivity index (χ0v) is 23.6. The van der Waals surface area contributed by atoms with Crippen LogP contribution in [0.15, 0.2) is 59.7 Å². The Morgan fingerprint density at radius 3 is 2.40 bits per heavy atom. The number of amides is 3. The number of benzene rings is 3. The number of hydrogen-bond donors (Lipinski definition) is 3. The molecular weight excluding hydrogens is 559 g/mol. The molecule has 12 heteroatoms. The molecule has 0 heterocycles. The standard InChI is InChI=1S/C28H28Cl2N4O6/c1-4-11-39-21-9-7-20(8-10-21)32-27(36)28(37)34-31-15-18-12-22(30)26(24(13-18)38-3)40-16-25(35)33-23-14-19(29)6-5-17(23)2/h5-10,12-15H,4,11,16H2,1-3H3,(H,32,36)(H,33,35)(H,34,37)/b31-15-. The van der Waals surface area contributed by atoms with E-state index in [1.807, 2.05) is 13.8 Å². The predicted octanol–water partition coefficient (Wildman–Crippen LogP) is 5.21. The van der Waals surface area contributed by atoms with E-state index in [0.29, 0.717) is 34.3 Å². The van der Waals surface area contributed by atoms with Gasteiger partial charge >= 0.3 is 11.8 Å². The summed E-state index contributed by atoms with van der Waals surface area (Å²) in [5.41, 5.74) is 4.43. The molecule has 0 bridgehead atoms. The van der Waals surface area contributed by atoms with Crippen molar-refractivity contribution >= 4 is 58.5 Å². The van der Waals surface area contributed by atoms with Crippen molar-refractivity contribution in [3.63, 3.8) is 0 Å². The molecule has 0 unspecified atom stereocenters. The van der Waals surface area contributed by atoms with Gasteiger partial charge < -0.3 is 24.8 Å². The third-order valence-corrected chi connectivity index (χ3v) is 5.76. The van der Waals surface area contributed by atoms with Gasteiger partial charge in [0.05, 0.1) is 25.0 Å². The molecule has 10 nitrogen and oxygen atoms in total. The summed E-state index contributed by atoms with van der Waals surface area (Å²) >= 11 is 12.3. The van der Waals surface area contributed by atoms with Crippen LogP contribution < -0.4 is 30.3 Å². The Bertz CT molecular complexity index is 1400. The van der Waals surface area contributed by atoms with E-state index in [9.17, 15) is 14.4 Å². The van der Waals surface area contributed by atoms with Gasteiger partial charge in [-0.25, -0.2) is 5.43 Å². The second-order valence-corrected chi connectivity index (χ2v) is 9.20. The summed E-state index contributed by atoms with van der Waals surface area (Å²) in [6.45, 7) is 4.08. The largest absolute Gasteiger partial charge is 0.494 e. The SMILES string of the molecule is CCCOc1ccc(NC(=O)C(=O)N/N=C\c2cc(Cl)c(OCC(=O)Nc3cc(Cl)ccc3C)c(OC)c2)cc1. The molecule has 3 amide bonds. The zero-order chi connectivity index (χ0) is 29.1. The van der Waals surface area contributed by atoms with E-state index in [0.717, 1.165) is 12.0 Å². The van der Waals surface area contributed by atoms with Gasteiger partial charge in [0.25, 0.3) is 5.91 Å². The maximum absolute atomic E-state index is 12.4. The number of carbonyl (C=O) groups excluding carboxylic acids is 3. The van der Waals surface area contributed by atoms with Crippen LogP contribution in [0.3, 0.4) is 0 Å². The van der Waals surface area contributed by atoms with E-state index < -0.39 is 17.7 Å². The van der Waals surface area contributed by atoms with Gasteiger partial charge in [0, 0.05) is 16.4 Å². The van der Waals surface area contributed by atoms with Gasteiger partial charge in [-0.15, -0.1) is 0 Å². The normalized spacial score (nSPS) is 10.6. The molecule has 0 spiro atoms. The van der Waals surface area contributed by atoms with Crippen molar-refractivity contribution in [3.05, 3.63) is 75.8 Å². The second-order valence-electron chi connectivity index (χ2n) is 8.36. The minimum atomic E-state index is -0.971. The monoisotopic (exact) mass is 586 g/mol. The van der Waals surface area contributed by atoms with Gasteiger partial charge in [0.2, 0.25) is 0 Å². The lowest BCUT2D eigenvalue weighted by Crippen LogP contribution is -2.32. The number of methoxy groups -OCH3 is 1.